The molecule has 44 heavy (non-hydrogen) atoms. The molecule has 0 aliphatic carbocycles. The summed E-state index contributed by atoms with van der Waals surface area (Å²) < 4.78 is 1.22. The van der Waals surface area contributed by atoms with Crippen LogP contribution in [0.4, 0.5) is 23.0 Å². The molecule has 10 nitrogen and oxygen atoms in total. The largest absolute Gasteiger partial charge is 0.343 e. The summed E-state index contributed by atoms with van der Waals surface area (Å²) in [7, 11) is 3.58. The Bertz CT molecular complexity index is 1260. The zero-order valence-corrected chi connectivity index (χ0v) is 29.9. The highest BCUT2D eigenvalue weighted by Crippen LogP contribution is 2.44. The first-order valence-electron chi connectivity index (χ1n) is 15.4. The average Bonchev–Trinajstić information content (AvgIpc) is 3.40. The van der Waals surface area contributed by atoms with E-state index in [1.807, 2.05) is 13.8 Å². The van der Waals surface area contributed by atoms with Crippen molar-refractivity contribution in [3.8, 4) is 0 Å². The molecule has 0 bridgehead atoms. The van der Waals surface area contributed by atoms with Crippen LogP contribution in [-0.4, -0.2) is 74.9 Å². The van der Waals surface area contributed by atoms with E-state index in [2.05, 4.69) is 66.2 Å². The Kier molecular flexibility index (Phi) is 15.3. The molecule has 4 aliphatic heterocycles. The standard InChI is InChI=1S/C14H19ClN4O.C12H15ClN4O.C2H5I.C2H6.CH4/c1-3-14-7-5-4-6-8-19(14)11-10(18(2)12(14)20)9-16-13(15)17-11;1-16-9-7-14-12(13)15-10(9)17-6-4-2-3-5-8(17)11(16)18;1-2-3;1-2;/h9H,3-8H2,1-2H3;7-8H,2-6H2,1H3;2H2,1H3;1-2H3;1H4. The van der Waals surface area contributed by atoms with Gasteiger partial charge in [-0.05, 0) is 59.7 Å². The van der Waals surface area contributed by atoms with Crippen molar-refractivity contribution in [1.29, 1.82) is 0 Å². The lowest BCUT2D eigenvalue weighted by Crippen LogP contribution is -2.62. The minimum Gasteiger partial charge on any atom is -0.343 e. The maximum Gasteiger partial charge on any atom is 0.252 e. The summed E-state index contributed by atoms with van der Waals surface area (Å²) in [6, 6.07) is -0.0871. The third-order valence-electron chi connectivity index (χ3n) is 8.34. The van der Waals surface area contributed by atoms with Crippen LogP contribution in [0.3, 0.4) is 0 Å². The van der Waals surface area contributed by atoms with Crippen molar-refractivity contribution in [3.63, 3.8) is 0 Å². The molecule has 6 rings (SSSR count). The summed E-state index contributed by atoms with van der Waals surface area (Å²) >= 11 is 14.1. The summed E-state index contributed by atoms with van der Waals surface area (Å²) in [5, 5.41) is 0.472. The van der Waals surface area contributed by atoms with Crippen molar-refractivity contribution >= 4 is 80.6 Å². The number of halogens is 3. The topological polar surface area (TPSA) is 98.7 Å². The minimum atomic E-state index is -0.462. The molecule has 13 heteroatoms. The molecule has 246 valence electrons. The van der Waals surface area contributed by atoms with Gasteiger partial charge in [-0.1, -0.05) is 83.4 Å². The Labute approximate surface area is 287 Å². The lowest BCUT2D eigenvalue weighted by atomic mass is 9.85. The van der Waals surface area contributed by atoms with Crippen molar-refractivity contribution < 1.29 is 9.59 Å². The van der Waals surface area contributed by atoms with Gasteiger partial charge in [-0.3, -0.25) is 9.59 Å². The molecule has 0 saturated carbocycles. The van der Waals surface area contributed by atoms with Crippen molar-refractivity contribution in [2.45, 2.75) is 104 Å². The Hall–Kier alpha value is -1.99. The Morgan fingerprint density at radius 3 is 2.02 bits per heavy atom. The van der Waals surface area contributed by atoms with Gasteiger partial charge in [0.2, 0.25) is 16.5 Å². The number of amides is 2. The van der Waals surface area contributed by atoms with Gasteiger partial charge in [-0.2, -0.15) is 9.97 Å². The molecule has 2 aromatic heterocycles. The molecule has 2 unspecified atom stereocenters. The number of rotatable bonds is 1. The highest BCUT2D eigenvalue weighted by Gasteiger charge is 2.50. The lowest BCUT2D eigenvalue weighted by Gasteiger charge is -2.48. The summed E-state index contributed by atoms with van der Waals surface area (Å²) in [6.45, 7) is 9.91. The number of anilines is 4. The van der Waals surface area contributed by atoms with Crippen molar-refractivity contribution in [1.82, 2.24) is 19.9 Å². The minimum absolute atomic E-state index is 0. The molecular weight excluding hydrogens is 714 g/mol. The maximum atomic E-state index is 12.9. The molecule has 2 aromatic rings. The SMILES string of the molecule is C.CC.CCC12CCCCCN1c1nc(Cl)ncc1N(C)C2=O.CCI.CN1C(=O)C2CCCCCN2c2nc(Cl)ncc21. The van der Waals surface area contributed by atoms with Crippen LogP contribution >= 0.6 is 45.8 Å². The fourth-order valence-electron chi connectivity index (χ4n) is 6.22. The number of hydrogen-bond acceptors (Lipinski definition) is 8. The molecule has 2 fully saturated rings. The molecule has 0 aromatic carbocycles. The van der Waals surface area contributed by atoms with Crippen LogP contribution < -0.4 is 19.6 Å². The lowest BCUT2D eigenvalue weighted by molar-refractivity contribution is -0.124. The first kappa shape index (κ1) is 38.2. The van der Waals surface area contributed by atoms with E-state index in [1.54, 1.807) is 36.3 Å². The third kappa shape index (κ3) is 7.86. The number of fused-ring (bicyclic) bond motifs is 6. The van der Waals surface area contributed by atoms with E-state index in [-0.39, 0.29) is 35.9 Å². The smallest absolute Gasteiger partial charge is 0.252 e. The normalized spacial score (nSPS) is 22.0. The Morgan fingerprint density at radius 1 is 0.864 bits per heavy atom. The van der Waals surface area contributed by atoms with Crippen LogP contribution in [0.1, 0.15) is 92.9 Å². The molecule has 2 saturated heterocycles. The van der Waals surface area contributed by atoms with Gasteiger partial charge in [0.1, 0.15) is 23.0 Å². The molecular formula is C31H49Cl2IN8O2. The summed E-state index contributed by atoms with van der Waals surface area (Å²) in [4.78, 5) is 49.6. The Balaban J connectivity index is 0.000000264. The maximum absolute atomic E-state index is 12.9. The number of nitrogens with zero attached hydrogens (tertiary/aromatic N) is 8. The zero-order chi connectivity index (χ0) is 31.7. The van der Waals surface area contributed by atoms with Crippen molar-refractivity contribution in [2.75, 3.05) is 51.2 Å². The van der Waals surface area contributed by atoms with Gasteiger partial charge >= 0.3 is 0 Å². The number of alkyl halides is 1. The van der Waals surface area contributed by atoms with Gasteiger partial charge in [0, 0.05) is 27.2 Å². The molecule has 4 aliphatic rings. The monoisotopic (exact) mass is 762 g/mol. The van der Waals surface area contributed by atoms with Gasteiger partial charge in [0.05, 0.1) is 12.4 Å². The van der Waals surface area contributed by atoms with Crippen LogP contribution in [0.2, 0.25) is 10.6 Å². The van der Waals surface area contributed by atoms with Crippen LogP contribution in [0.15, 0.2) is 12.4 Å². The van der Waals surface area contributed by atoms with Crippen molar-refractivity contribution in [3.05, 3.63) is 23.0 Å². The first-order valence-corrected chi connectivity index (χ1v) is 17.7. The van der Waals surface area contributed by atoms with Gasteiger partial charge in [-0.25, -0.2) is 9.97 Å². The number of carbonyl (C=O) groups is 2. The predicted molar refractivity (Wildman–Crippen MR) is 192 cm³/mol. The van der Waals surface area contributed by atoms with E-state index < -0.39 is 5.54 Å². The summed E-state index contributed by atoms with van der Waals surface area (Å²) in [5.74, 6) is 1.88. The summed E-state index contributed by atoms with van der Waals surface area (Å²) in [5.41, 5.74) is 1.04. The predicted octanol–water partition coefficient (Wildman–Crippen LogP) is 7.59. The second kappa shape index (κ2) is 17.6. The quantitative estimate of drug-likeness (QED) is 0.167. The zero-order valence-electron chi connectivity index (χ0n) is 26.2. The number of aromatic nitrogens is 4. The van der Waals surface area contributed by atoms with E-state index in [0.29, 0.717) is 0 Å². The second-order valence-electron chi connectivity index (χ2n) is 10.6. The molecule has 2 atom stereocenters. The van der Waals surface area contributed by atoms with Gasteiger partial charge in [0.15, 0.2) is 11.6 Å². The van der Waals surface area contributed by atoms with Crippen LogP contribution in [-0.2, 0) is 9.59 Å². The molecule has 0 radical (unpaired) electrons. The summed E-state index contributed by atoms with van der Waals surface area (Å²) in [6.07, 6.45) is 12.5. The molecule has 6 heterocycles. The van der Waals surface area contributed by atoms with E-state index in [1.165, 1.54) is 4.43 Å². The van der Waals surface area contributed by atoms with E-state index in [9.17, 15) is 9.59 Å². The number of carbonyl (C=O) groups excluding carboxylic acids is 2. The molecule has 0 spiro atoms. The van der Waals surface area contributed by atoms with Gasteiger partial charge in [-0.15, -0.1) is 0 Å². The van der Waals surface area contributed by atoms with Crippen molar-refractivity contribution in [2.24, 2.45) is 0 Å². The van der Waals surface area contributed by atoms with Crippen LogP contribution in [0, 0.1) is 0 Å². The fraction of sp³-hybridized carbons (Fsp3) is 0.677. The second-order valence-corrected chi connectivity index (χ2v) is 12.8. The number of hydrogen-bond donors (Lipinski definition) is 0. The third-order valence-corrected chi connectivity index (χ3v) is 8.70. The van der Waals surface area contributed by atoms with Crippen LogP contribution in [0.5, 0.6) is 0 Å². The van der Waals surface area contributed by atoms with E-state index in [0.717, 1.165) is 93.9 Å². The van der Waals surface area contributed by atoms with E-state index >= 15 is 0 Å². The average molecular weight is 764 g/mol. The molecule has 0 N–H and O–H groups in total. The highest BCUT2D eigenvalue weighted by molar-refractivity contribution is 14.1. The number of likely N-dealkylation sites (N-methyl/N-ethyl adjacent to an activating group) is 2. The first-order chi connectivity index (χ1) is 20.7. The fourth-order valence-corrected chi connectivity index (χ4v) is 6.48. The highest BCUT2D eigenvalue weighted by atomic mass is 127. The Morgan fingerprint density at radius 2 is 1.41 bits per heavy atom. The van der Waals surface area contributed by atoms with Gasteiger partial charge < -0.3 is 19.6 Å². The van der Waals surface area contributed by atoms with Crippen LogP contribution in [0.25, 0.3) is 0 Å². The van der Waals surface area contributed by atoms with E-state index in [4.69, 9.17) is 23.2 Å². The van der Waals surface area contributed by atoms with Gasteiger partial charge in [0.25, 0.3) is 5.91 Å². The molecule has 2 amide bonds.